The number of nitrogens with zero attached hydrogens (tertiary/aromatic N) is 1. The Morgan fingerprint density at radius 1 is 1.31 bits per heavy atom. The van der Waals surface area contributed by atoms with E-state index >= 15 is 0 Å². The van der Waals surface area contributed by atoms with Crippen molar-refractivity contribution in [2.24, 2.45) is 17.8 Å². The third-order valence-corrected chi connectivity index (χ3v) is 4.74. The van der Waals surface area contributed by atoms with Crippen molar-refractivity contribution in [2.75, 3.05) is 0 Å². The van der Waals surface area contributed by atoms with Crippen LogP contribution < -0.4 is 0 Å². The summed E-state index contributed by atoms with van der Waals surface area (Å²) in [4.78, 5) is 26.1. The predicted octanol–water partition coefficient (Wildman–Crippen LogP) is 1.61. The summed E-state index contributed by atoms with van der Waals surface area (Å²) in [5.74, 6) is 1.90. The van der Waals surface area contributed by atoms with E-state index in [0.29, 0.717) is 30.5 Å². The fraction of sp³-hybridized carbons (Fsp3) is 0.846. The van der Waals surface area contributed by atoms with Crippen molar-refractivity contribution < 1.29 is 9.59 Å². The number of hydrogen-bond acceptors (Lipinski definition) is 2. The molecule has 0 bridgehead atoms. The molecule has 1 aliphatic carbocycles. The van der Waals surface area contributed by atoms with Gasteiger partial charge < -0.3 is 4.90 Å². The van der Waals surface area contributed by atoms with Gasteiger partial charge in [-0.15, -0.1) is 0 Å². The van der Waals surface area contributed by atoms with Crippen LogP contribution in [-0.4, -0.2) is 28.7 Å². The number of ketones is 1. The van der Waals surface area contributed by atoms with E-state index in [-0.39, 0.29) is 23.9 Å². The maximum absolute atomic E-state index is 12.0. The number of piperidine rings is 2. The van der Waals surface area contributed by atoms with Gasteiger partial charge in [0.15, 0.2) is 0 Å². The topological polar surface area (TPSA) is 37.4 Å². The van der Waals surface area contributed by atoms with Crippen molar-refractivity contribution in [3.05, 3.63) is 0 Å². The van der Waals surface area contributed by atoms with Gasteiger partial charge in [0.25, 0.3) is 0 Å². The zero-order valence-corrected chi connectivity index (χ0v) is 9.98. The standard InChI is InChI=1S/C13H19NO2/c1-7(2)10-6-11(15)9-5-8-3-4-12(16)14(10)13(8)9/h7-10,13H,3-6H2,1-2H3/t8-,9-,10+,13-/m0/s1. The van der Waals surface area contributed by atoms with Gasteiger partial charge in [0.05, 0.1) is 0 Å². The molecule has 3 fully saturated rings. The van der Waals surface area contributed by atoms with Gasteiger partial charge in [0, 0.05) is 30.8 Å². The van der Waals surface area contributed by atoms with Gasteiger partial charge in [-0.3, -0.25) is 9.59 Å². The summed E-state index contributed by atoms with van der Waals surface area (Å²) < 4.78 is 0. The van der Waals surface area contributed by atoms with Crippen LogP contribution in [0.2, 0.25) is 0 Å². The molecule has 2 heterocycles. The Balaban J connectivity index is 1.93. The molecule has 16 heavy (non-hydrogen) atoms. The minimum atomic E-state index is 0.171. The van der Waals surface area contributed by atoms with Crippen LogP contribution in [0, 0.1) is 17.8 Å². The molecule has 0 aromatic heterocycles. The van der Waals surface area contributed by atoms with Gasteiger partial charge in [-0.25, -0.2) is 0 Å². The van der Waals surface area contributed by atoms with Crippen molar-refractivity contribution in [3.63, 3.8) is 0 Å². The molecule has 3 heteroatoms. The maximum Gasteiger partial charge on any atom is 0.223 e. The smallest absolute Gasteiger partial charge is 0.223 e. The second-order valence-electron chi connectivity index (χ2n) is 5.91. The molecular formula is C13H19NO2. The quantitative estimate of drug-likeness (QED) is 0.674. The highest BCUT2D eigenvalue weighted by Gasteiger charge is 2.56. The van der Waals surface area contributed by atoms with Crippen LogP contribution in [-0.2, 0) is 9.59 Å². The highest BCUT2D eigenvalue weighted by atomic mass is 16.2. The van der Waals surface area contributed by atoms with Crippen LogP contribution in [0.3, 0.4) is 0 Å². The maximum atomic E-state index is 12.0. The van der Waals surface area contributed by atoms with E-state index in [2.05, 4.69) is 18.7 Å². The number of Topliss-reactive ketones (excluding diaryl/α,β-unsaturated/α-hetero) is 1. The van der Waals surface area contributed by atoms with E-state index in [1.807, 2.05) is 0 Å². The third-order valence-electron chi connectivity index (χ3n) is 4.74. The zero-order valence-electron chi connectivity index (χ0n) is 9.98. The summed E-state index contributed by atoms with van der Waals surface area (Å²) in [5.41, 5.74) is 0. The third kappa shape index (κ3) is 1.20. The van der Waals surface area contributed by atoms with Crippen LogP contribution in [0.4, 0.5) is 0 Å². The van der Waals surface area contributed by atoms with Crippen LogP contribution in [0.1, 0.15) is 39.5 Å². The molecule has 3 aliphatic rings. The van der Waals surface area contributed by atoms with E-state index in [0.717, 1.165) is 12.8 Å². The lowest BCUT2D eigenvalue weighted by atomic mass is 9.59. The van der Waals surface area contributed by atoms with Gasteiger partial charge in [-0.2, -0.15) is 0 Å². The van der Waals surface area contributed by atoms with Crippen LogP contribution in [0.5, 0.6) is 0 Å². The molecule has 88 valence electrons. The first kappa shape index (κ1) is 10.3. The molecule has 3 nitrogen and oxygen atoms in total. The largest absolute Gasteiger partial charge is 0.335 e. The molecule has 0 unspecified atom stereocenters. The highest BCUT2D eigenvalue weighted by molar-refractivity contribution is 5.89. The molecule has 4 atom stereocenters. The molecule has 1 amide bonds. The van der Waals surface area contributed by atoms with Crippen LogP contribution in [0.15, 0.2) is 0 Å². The molecule has 0 N–H and O–H groups in total. The Morgan fingerprint density at radius 2 is 2.06 bits per heavy atom. The zero-order chi connectivity index (χ0) is 11.4. The van der Waals surface area contributed by atoms with E-state index in [1.54, 1.807) is 0 Å². The lowest BCUT2D eigenvalue weighted by molar-refractivity contribution is -0.169. The number of carbonyl (C=O) groups excluding carboxylic acids is 2. The minimum absolute atomic E-state index is 0.171. The van der Waals surface area contributed by atoms with Gasteiger partial charge >= 0.3 is 0 Å². The first-order chi connectivity index (χ1) is 7.59. The first-order valence-electron chi connectivity index (χ1n) is 6.43. The van der Waals surface area contributed by atoms with Gasteiger partial charge in [0.1, 0.15) is 5.78 Å². The molecule has 0 spiro atoms. The van der Waals surface area contributed by atoms with Crippen molar-refractivity contribution in [3.8, 4) is 0 Å². The van der Waals surface area contributed by atoms with Crippen LogP contribution >= 0.6 is 0 Å². The van der Waals surface area contributed by atoms with Crippen molar-refractivity contribution in [2.45, 2.75) is 51.6 Å². The predicted molar refractivity (Wildman–Crippen MR) is 59.7 cm³/mol. The van der Waals surface area contributed by atoms with E-state index < -0.39 is 0 Å². The molecule has 1 saturated carbocycles. The van der Waals surface area contributed by atoms with Gasteiger partial charge in [0.2, 0.25) is 5.91 Å². The Bertz CT molecular complexity index is 348. The Labute approximate surface area is 96.2 Å². The van der Waals surface area contributed by atoms with Crippen molar-refractivity contribution in [1.29, 1.82) is 0 Å². The molecule has 0 radical (unpaired) electrons. The molecule has 0 aromatic rings. The lowest BCUT2D eigenvalue weighted by Crippen LogP contribution is -2.68. The first-order valence-corrected chi connectivity index (χ1v) is 6.43. The SMILES string of the molecule is CC(C)[C@H]1CC(=O)[C@@H]2C[C@@H]3CCC(=O)N1[C@@H]32. The molecule has 0 aromatic carbocycles. The van der Waals surface area contributed by atoms with E-state index in [1.165, 1.54) is 0 Å². The molecule has 2 saturated heterocycles. The summed E-state index contributed by atoms with van der Waals surface area (Å²) in [6.07, 6.45) is 3.34. The normalized spacial score (nSPS) is 42.1. The average molecular weight is 221 g/mol. The second-order valence-corrected chi connectivity index (χ2v) is 5.91. The summed E-state index contributed by atoms with van der Waals surface area (Å²) in [7, 11) is 0. The number of amides is 1. The Hall–Kier alpha value is -0.860. The van der Waals surface area contributed by atoms with E-state index in [9.17, 15) is 9.59 Å². The minimum Gasteiger partial charge on any atom is -0.335 e. The number of hydrogen-bond donors (Lipinski definition) is 0. The summed E-state index contributed by atoms with van der Waals surface area (Å²) >= 11 is 0. The fourth-order valence-electron chi connectivity index (χ4n) is 3.79. The number of carbonyl (C=O) groups is 2. The molecular weight excluding hydrogens is 202 g/mol. The van der Waals surface area contributed by atoms with Crippen molar-refractivity contribution >= 4 is 11.7 Å². The molecule has 3 rings (SSSR count). The van der Waals surface area contributed by atoms with E-state index in [4.69, 9.17) is 0 Å². The second kappa shape index (κ2) is 3.31. The van der Waals surface area contributed by atoms with Gasteiger partial charge in [-0.1, -0.05) is 13.8 Å². The fourth-order valence-corrected chi connectivity index (χ4v) is 3.79. The van der Waals surface area contributed by atoms with Crippen molar-refractivity contribution in [1.82, 2.24) is 4.90 Å². The Morgan fingerprint density at radius 3 is 2.75 bits per heavy atom. The summed E-state index contributed by atoms with van der Waals surface area (Å²) in [5, 5.41) is 0. The van der Waals surface area contributed by atoms with Crippen LogP contribution in [0.25, 0.3) is 0 Å². The summed E-state index contributed by atoms with van der Waals surface area (Å²) in [6.45, 7) is 4.24. The Kier molecular flexibility index (Phi) is 2.13. The lowest BCUT2D eigenvalue weighted by Gasteiger charge is -2.59. The number of rotatable bonds is 1. The van der Waals surface area contributed by atoms with Gasteiger partial charge in [-0.05, 0) is 24.7 Å². The summed E-state index contributed by atoms with van der Waals surface area (Å²) in [6, 6.07) is 0.444. The highest BCUT2D eigenvalue weighted by Crippen LogP contribution is 2.49. The molecule has 2 aliphatic heterocycles. The monoisotopic (exact) mass is 221 g/mol. The average Bonchev–Trinajstić information content (AvgIpc) is 2.18.